The number of carbonyl (C=O) groups excluding carboxylic acids is 2. The smallest absolute Gasteiger partial charge is 0.249 e. The molecule has 0 aromatic heterocycles. The minimum Gasteiger partial charge on any atom is -0.504 e. The van der Waals surface area contributed by atoms with Gasteiger partial charge >= 0.3 is 0 Å². The molecule has 0 bridgehead atoms. The van der Waals surface area contributed by atoms with Gasteiger partial charge in [-0.2, -0.15) is 5.10 Å². The van der Waals surface area contributed by atoms with Crippen LogP contribution in [0.25, 0.3) is 0 Å². The molecule has 26 heavy (non-hydrogen) atoms. The molecule has 0 saturated carbocycles. The molecule has 136 valence electrons. The number of rotatable bonds is 8. The minimum atomic E-state index is -0.510. The lowest BCUT2D eigenvalue weighted by Crippen LogP contribution is -2.31. The van der Waals surface area contributed by atoms with Crippen LogP contribution < -0.4 is 15.5 Å². The third kappa shape index (κ3) is 6.27. The van der Waals surface area contributed by atoms with Gasteiger partial charge in [0.1, 0.15) is 6.42 Å². The fraction of sp³-hybridized carbons (Fsp3) is 0.211. The SMILES string of the molecule is COc1cc(/C=N\NC(=O)CC(=O)NCCc2ccccc2)ccc1O. The number of nitrogens with one attached hydrogen (secondary N) is 2. The van der Waals surface area contributed by atoms with Gasteiger partial charge in [-0.25, -0.2) is 5.43 Å². The molecule has 0 fully saturated rings. The quantitative estimate of drug-likeness (QED) is 0.380. The number of methoxy groups -OCH3 is 1. The Balaban J connectivity index is 1.71. The number of phenols is 1. The van der Waals surface area contributed by atoms with Crippen molar-refractivity contribution in [2.75, 3.05) is 13.7 Å². The predicted molar refractivity (Wildman–Crippen MR) is 98.2 cm³/mol. The predicted octanol–water partition coefficient (Wildman–Crippen LogP) is 1.60. The van der Waals surface area contributed by atoms with Crippen LogP contribution in [0.4, 0.5) is 0 Å². The number of ether oxygens (including phenoxy) is 1. The lowest BCUT2D eigenvalue weighted by atomic mass is 10.1. The van der Waals surface area contributed by atoms with E-state index in [9.17, 15) is 14.7 Å². The number of hydrogen-bond donors (Lipinski definition) is 3. The molecule has 0 aliphatic heterocycles. The first-order chi connectivity index (χ1) is 12.6. The second kappa shape index (κ2) is 9.83. The number of carbonyl (C=O) groups is 2. The van der Waals surface area contributed by atoms with Crippen LogP contribution in [0.15, 0.2) is 53.6 Å². The lowest BCUT2D eigenvalue weighted by Gasteiger charge is -2.05. The molecule has 0 atom stereocenters. The van der Waals surface area contributed by atoms with E-state index in [2.05, 4.69) is 15.8 Å². The lowest BCUT2D eigenvalue weighted by molar-refractivity contribution is -0.129. The van der Waals surface area contributed by atoms with Gasteiger partial charge in [-0.3, -0.25) is 9.59 Å². The molecule has 0 radical (unpaired) electrons. The Labute approximate surface area is 151 Å². The maximum Gasteiger partial charge on any atom is 0.249 e. The second-order valence-corrected chi connectivity index (χ2v) is 5.49. The minimum absolute atomic E-state index is 0.0147. The van der Waals surface area contributed by atoms with Crippen molar-refractivity contribution in [3.8, 4) is 11.5 Å². The summed E-state index contributed by atoms with van der Waals surface area (Å²) in [6.07, 6.45) is 1.80. The monoisotopic (exact) mass is 355 g/mol. The largest absolute Gasteiger partial charge is 0.504 e. The fourth-order valence-corrected chi connectivity index (χ4v) is 2.19. The standard InChI is InChI=1S/C19H21N3O4/c1-26-17-11-15(7-8-16(17)23)13-21-22-19(25)12-18(24)20-10-9-14-5-3-2-4-6-14/h2-8,11,13,23H,9-10,12H2,1H3,(H,20,24)(H,22,25)/b21-13-. The van der Waals surface area contributed by atoms with Crippen molar-refractivity contribution in [2.24, 2.45) is 5.10 Å². The van der Waals surface area contributed by atoms with Gasteiger partial charge < -0.3 is 15.2 Å². The summed E-state index contributed by atoms with van der Waals surface area (Å²) in [7, 11) is 1.44. The number of aromatic hydroxyl groups is 1. The molecule has 7 heteroatoms. The van der Waals surface area contributed by atoms with Crippen LogP contribution in [0.5, 0.6) is 11.5 Å². The zero-order chi connectivity index (χ0) is 18.8. The van der Waals surface area contributed by atoms with Crippen molar-refractivity contribution >= 4 is 18.0 Å². The summed E-state index contributed by atoms with van der Waals surface area (Å²) in [6, 6.07) is 14.4. The fourth-order valence-electron chi connectivity index (χ4n) is 2.19. The molecule has 2 aromatic rings. The van der Waals surface area contributed by atoms with Gasteiger partial charge in [-0.15, -0.1) is 0 Å². The highest BCUT2D eigenvalue weighted by molar-refractivity contribution is 5.97. The molecule has 0 aliphatic rings. The first-order valence-corrected chi connectivity index (χ1v) is 8.08. The summed E-state index contributed by atoms with van der Waals surface area (Å²) in [5.74, 6) is -0.553. The summed E-state index contributed by atoms with van der Waals surface area (Å²) < 4.78 is 4.98. The molecule has 2 rings (SSSR count). The first kappa shape index (κ1) is 19.0. The maximum atomic E-state index is 11.7. The van der Waals surface area contributed by atoms with E-state index < -0.39 is 5.91 Å². The van der Waals surface area contributed by atoms with E-state index in [0.717, 1.165) is 5.56 Å². The van der Waals surface area contributed by atoms with Crippen molar-refractivity contribution < 1.29 is 19.4 Å². The highest BCUT2D eigenvalue weighted by Gasteiger charge is 2.08. The molecule has 0 spiro atoms. The Kier molecular flexibility index (Phi) is 7.17. The van der Waals surface area contributed by atoms with E-state index >= 15 is 0 Å². The van der Waals surface area contributed by atoms with Gasteiger partial charge in [0.15, 0.2) is 11.5 Å². The van der Waals surface area contributed by atoms with E-state index in [1.165, 1.54) is 19.4 Å². The van der Waals surface area contributed by atoms with E-state index in [1.807, 2.05) is 30.3 Å². The van der Waals surface area contributed by atoms with Crippen molar-refractivity contribution in [3.05, 3.63) is 59.7 Å². The van der Waals surface area contributed by atoms with Gasteiger partial charge in [0, 0.05) is 6.54 Å². The van der Waals surface area contributed by atoms with Crippen LogP contribution in [-0.2, 0) is 16.0 Å². The van der Waals surface area contributed by atoms with Gasteiger partial charge in [-0.1, -0.05) is 30.3 Å². The summed E-state index contributed by atoms with van der Waals surface area (Å²) >= 11 is 0. The van der Waals surface area contributed by atoms with Gasteiger partial charge in [-0.05, 0) is 35.7 Å². The van der Waals surface area contributed by atoms with Gasteiger partial charge in [0.2, 0.25) is 11.8 Å². The third-order valence-corrected chi connectivity index (χ3v) is 3.51. The van der Waals surface area contributed by atoms with E-state index in [0.29, 0.717) is 24.3 Å². The average molecular weight is 355 g/mol. The topological polar surface area (TPSA) is 100 Å². The molecule has 0 saturated heterocycles. The summed E-state index contributed by atoms with van der Waals surface area (Å²) in [5.41, 5.74) is 4.04. The van der Waals surface area contributed by atoms with Crippen molar-refractivity contribution in [1.29, 1.82) is 0 Å². The number of nitrogens with zero attached hydrogens (tertiary/aromatic N) is 1. The van der Waals surface area contributed by atoms with Crippen LogP contribution in [0.1, 0.15) is 17.5 Å². The Hall–Kier alpha value is -3.35. The molecule has 7 nitrogen and oxygen atoms in total. The highest BCUT2D eigenvalue weighted by atomic mass is 16.5. The van der Waals surface area contributed by atoms with Gasteiger partial charge in [0.25, 0.3) is 0 Å². The molecule has 0 heterocycles. The van der Waals surface area contributed by atoms with Crippen LogP contribution in [0, 0.1) is 0 Å². The number of benzene rings is 2. The summed E-state index contributed by atoms with van der Waals surface area (Å²) in [6.45, 7) is 0.465. The third-order valence-electron chi connectivity index (χ3n) is 3.51. The number of amides is 2. The Morgan fingerprint density at radius 1 is 1.15 bits per heavy atom. The highest BCUT2D eigenvalue weighted by Crippen LogP contribution is 2.25. The molecule has 0 aliphatic carbocycles. The zero-order valence-electron chi connectivity index (χ0n) is 14.4. The van der Waals surface area contributed by atoms with Crippen molar-refractivity contribution in [2.45, 2.75) is 12.8 Å². The number of hydrogen-bond acceptors (Lipinski definition) is 5. The molecular weight excluding hydrogens is 334 g/mol. The molecule has 0 unspecified atom stereocenters. The molecule has 2 amide bonds. The van der Waals surface area contributed by atoms with Crippen LogP contribution >= 0.6 is 0 Å². The zero-order valence-corrected chi connectivity index (χ0v) is 14.4. The molecule has 2 aromatic carbocycles. The Bertz CT molecular complexity index is 776. The van der Waals surface area contributed by atoms with Crippen molar-refractivity contribution in [3.63, 3.8) is 0 Å². The molecular formula is C19H21N3O4. The van der Waals surface area contributed by atoms with Crippen LogP contribution in [0.2, 0.25) is 0 Å². The molecule has 3 N–H and O–H groups in total. The normalized spacial score (nSPS) is 10.5. The van der Waals surface area contributed by atoms with E-state index in [1.54, 1.807) is 12.1 Å². The first-order valence-electron chi connectivity index (χ1n) is 8.08. The summed E-state index contributed by atoms with van der Waals surface area (Å²) in [5, 5.41) is 16.0. The summed E-state index contributed by atoms with van der Waals surface area (Å²) in [4.78, 5) is 23.4. The van der Waals surface area contributed by atoms with Crippen molar-refractivity contribution in [1.82, 2.24) is 10.7 Å². The maximum absolute atomic E-state index is 11.7. The Morgan fingerprint density at radius 2 is 1.92 bits per heavy atom. The second-order valence-electron chi connectivity index (χ2n) is 5.49. The van der Waals surface area contributed by atoms with E-state index in [-0.39, 0.29) is 18.1 Å². The Morgan fingerprint density at radius 3 is 2.65 bits per heavy atom. The number of hydrazone groups is 1. The van der Waals surface area contributed by atoms with E-state index in [4.69, 9.17) is 4.74 Å². The van der Waals surface area contributed by atoms with Crippen LogP contribution in [0.3, 0.4) is 0 Å². The average Bonchev–Trinajstić information content (AvgIpc) is 2.64. The number of phenolic OH excluding ortho intramolecular Hbond substituents is 1. The van der Waals surface area contributed by atoms with Gasteiger partial charge in [0.05, 0.1) is 13.3 Å². The van der Waals surface area contributed by atoms with Crippen LogP contribution in [-0.4, -0.2) is 36.8 Å².